The van der Waals surface area contributed by atoms with Crippen molar-refractivity contribution in [2.24, 2.45) is 5.73 Å². The van der Waals surface area contributed by atoms with Gasteiger partial charge in [-0.15, -0.1) is 0 Å². The van der Waals surface area contributed by atoms with Crippen molar-refractivity contribution >= 4 is 34.7 Å². The van der Waals surface area contributed by atoms with Crippen molar-refractivity contribution in [2.75, 3.05) is 25.5 Å². The number of imidazole rings is 1. The Morgan fingerprint density at radius 1 is 1.20 bits per heavy atom. The van der Waals surface area contributed by atoms with E-state index in [1.54, 1.807) is 34.8 Å². The lowest BCUT2D eigenvalue weighted by Crippen LogP contribution is -2.26. The van der Waals surface area contributed by atoms with Crippen LogP contribution in [0.5, 0.6) is 5.75 Å². The van der Waals surface area contributed by atoms with Gasteiger partial charge in [-0.25, -0.2) is 4.98 Å². The summed E-state index contributed by atoms with van der Waals surface area (Å²) in [4.78, 5) is 42.7. The van der Waals surface area contributed by atoms with Gasteiger partial charge < -0.3 is 19.9 Å². The summed E-state index contributed by atoms with van der Waals surface area (Å²) in [6, 6.07) is 4.91. The highest BCUT2D eigenvalue weighted by Gasteiger charge is 2.21. The average molecular weight is 484 g/mol. The van der Waals surface area contributed by atoms with Crippen LogP contribution in [0.25, 0.3) is 11.0 Å². The molecule has 0 saturated heterocycles. The standard InChI is InChI=1S/C24H33N7O4/c1-6-9-30-21-18(26-24(30)27-23(34)19-12-15(3)28-31(19)7-2)13-17(22(25)33)14-20(21)35-11-8-10-29(5)16(4)32/h12-14H,6-11H2,1-5H3,(H2,25,33)(H,26,27,34). The average Bonchev–Trinajstić information content (AvgIpc) is 3.36. The van der Waals surface area contributed by atoms with Crippen LogP contribution in [0.1, 0.15) is 60.2 Å². The Hall–Kier alpha value is -3.89. The normalized spacial score (nSPS) is 11.0. The molecule has 11 nitrogen and oxygen atoms in total. The summed E-state index contributed by atoms with van der Waals surface area (Å²) < 4.78 is 9.54. The van der Waals surface area contributed by atoms with Crippen molar-refractivity contribution in [1.82, 2.24) is 24.2 Å². The van der Waals surface area contributed by atoms with E-state index in [1.165, 1.54) is 6.92 Å². The Kier molecular flexibility index (Phi) is 8.10. The Morgan fingerprint density at radius 2 is 1.94 bits per heavy atom. The molecule has 0 aliphatic carbocycles. The third-order valence-corrected chi connectivity index (χ3v) is 5.63. The Bertz CT molecular complexity index is 1240. The minimum atomic E-state index is -0.606. The molecule has 11 heteroatoms. The molecule has 0 spiro atoms. The second-order valence-corrected chi connectivity index (χ2v) is 8.38. The molecule has 3 rings (SSSR count). The second kappa shape index (κ2) is 11.0. The van der Waals surface area contributed by atoms with E-state index in [4.69, 9.17) is 10.5 Å². The molecule has 0 unspecified atom stereocenters. The van der Waals surface area contributed by atoms with Crippen molar-refractivity contribution in [3.63, 3.8) is 0 Å². The fraction of sp³-hybridized carbons (Fsp3) is 0.458. The molecule has 188 valence electrons. The monoisotopic (exact) mass is 483 g/mol. The number of hydrogen-bond donors (Lipinski definition) is 2. The highest BCUT2D eigenvalue weighted by atomic mass is 16.5. The van der Waals surface area contributed by atoms with E-state index in [1.807, 2.05) is 25.3 Å². The Balaban J connectivity index is 1.98. The topological polar surface area (TPSA) is 137 Å². The van der Waals surface area contributed by atoms with Crippen LogP contribution in [0.4, 0.5) is 5.95 Å². The fourth-order valence-electron chi connectivity index (χ4n) is 3.80. The number of primary amides is 1. The van der Waals surface area contributed by atoms with E-state index < -0.39 is 5.91 Å². The van der Waals surface area contributed by atoms with Gasteiger partial charge in [0.25, 0.3) is 5.91 Å². The van der Waals surface area contributed by atoms with Gasteiger partial charge in [0.05, 0.1) is 17.8 Å². The van der Waals surface area contributed by atoms with Crippen LogP contribution >= 0.6 is 0 Å². The van der Waals surface area contributed by atoms with Crippen LogP contribution in [0.3, 0.4) is 0 Å². The summed E-state index contributed by atoms with van der Waals surface area (Å²) in [5.74, 6) is -0.172. The molecule has 1 aromatic carbocycles. The highest BCUT2D eigenvalue weighted by Crippen LogP contribution is 2.31. The highest BCUT2D eigenvalue weighted by molar-refractivity contribution is 6.04. The van der Waals surface area contributed by atoms with Crippen molar-refractivity contribution in [2.45, 2.75) is 53.6 Å². The van der Waals surface area contributed by atoms with Crippen LogP contribution in [0.15, 0.2) is 18.2 Å². The molecule has 3 amide bonds. The van der Waals surface area contributed by atoms with Crippen molar-refractivity contribution in [3.05, 3.63) is 35.2 Å². The minimum absolute atomic E-state index is 0.0240. The molecule has 2 aromatic heterocycles. The summed E-state index contributed by atoms with van der Waals surface area (Å²) in [7, 11) is 1.73. The van der Waals surface area contributed by atoms with Crippen LogP contribution < -0.4 is 15.8 Å². The van der Waals surface area contributed by atoms with Crippen LogP contribution in [-0.4, -0.2) is 62.2 Å². The molecule has 0 radical (unpaired) electrons. The quantitative estimate of drug-likeness (QED) is 0.402. The Labute approximate surface area is 204 Å². The fourth-order valence-corrected chi connectivity index (χ4v) is 3.80. The number of aryl methyl sites for hydroxylation is 3. The number of nitrogens with zero attached hydrogens (tertiary/aromatic N) is 5. The summed E-state index contributed by atoms with van der Waals surface area (Å²) in [5, 5.41) is 7.23. The van der Waals surface area contributed by atoms with Gasteiger partial charge in [-0.2, -0.15) is 5.10 Å². The second-order valence-electron chi connectivity index (χ2n) is 8.38. The third kappa shape index (κ3) is 5.79. The number of aromatic nitrogens is 4. The summed E-state index contributed by atoms with van der Waals surface area (Å²) in [5.41, 5.74) is 8.13. The molecule has 0 aliphatic heterocycles. The Morgan fingerprint density at radius 3 is 2.57 bits per heavy atom. The van der Waals surface area contributed by atoms with Gasteiger partial charge in [0, 0.05) is 39.2 Å². The number of anilines is 1. The van der Waals surface area contributed by atoms with Crippen LogP contribution in [0.2, 0.25) is 0 Å². The summed E-state index contributed by atoms with van der Waals surface area (Å²) in [6.07, 6.45) is 1.38. The number of ether oxygens (including phenoxy) is 1. The van der Waals surface area contributed by atoms with Crippen LogP contribution in [0, 0.1) is 6.92 Å². The van der Waals surface area contributed by atoms with Gasteiger partial charge >= 0.3 is 0 Å². The largest absolute Gasteiger partial charge is 0.491 e. The lowest BCUT2D eigenvalue weighted by Gasteiger charge is -2.16. The van der Waals surface area contributed by atoms with Gasteiger partial charge in [0.2, 0.25) is 17.8 Å². The number of nitrogens with two attached hydrogens (primary N) is 1. The lowest BCUT2D eigenvalue weighted by atomic mass is 10.1. The number of carbonyl (C=O) groups is 3. The number of carbonyl (C=O) groups excluding carboxylic acids is 3. The SMILES string of the molecule is CCCn1c(NC(=O)c2cc(C)nn2CC)nc2cc(C(N)=O)cc(OCCCN(C)C(C)=O)c21. The lowest BCUT2D eigenvalue weighted by molar-refractivity contribution is -0.127. The maximum atomic E-state index is 13.1. The van der Waals surface area contributed by atoms with Gasteiger partial charge in [0.15, 0.2) is 0 Å². The molecule has 3 aromatic rings. The van der Waals surface area contributed by atoms with E-state index in [-0.39, 0.29) is 17.4 Å². The van der Waals surface area contributed by atoms with Gasteiger partial charge in [-0.05, 0) is 44.9 Å². The molecular weight excluding hydrogens is 450 g/mol. The third-order valence-electron chi connectivity index (χ3n) is 5.63. The minimum Gasteiger partial charge on any atom is -0.491 e. The van der Waals surface area contributed by atoms with Gasteiger partial charge in [-0.3, -0.25) is 24.4 Å². The van der Waals surface area contributed by atoms with Gasteiger partial charge in [0.1, 0.15) is 17.0 Å². The maximum absolute atomic E-state index is 13.1. The molecule has 0 aliphatic rings. The summed E-state index contributed by atoms with van der Waals surface area (Å²) in [6.45, 7) is 9.25. The first-order valence-electron chi connectivity index (χ1n) is 11.7. The van der Waals surface area contributed by atoms with Gasteiger partial charge in [-0.1, -0.05) is 6.92 Å². The van der Waals surface area contributed by atoms with Crippen LogP contribution in [-0.2, 0) is 17.9 Å². The predicted octanol–water partition coefficient (Wildman–Crippen LogP) is 2.57. The molecule has 0 bridgehead atoms. The molecule has 3 N–H and O–H groups in total. The first-order chi connectivity index (χ1) is 16.7. The molecule has 0 saturated carbocycles. The summed E-state index contributed by atoms with van der Waals surface area (Å²) >= 11 is 0. The number of hydrogen-bond acceptors (Lipinski definition) is 6. The molecule has 0 fully saturated rings. The van der Waals surface area contributed by atoms with Crippen molar-refractivity contribution < 1.29 is 19.1 Å². The number of nitrogens with one attached hydrogen (secondary N) is 1. The first kappa shape index (κ1) is 25.7. The zero-order valence-electron chi connectivity index (χ0n) is 20.9. The smallest absolute Gasteiger partial charge is 0.276 e. The molecule has 35 heavy (non-hydrogen) atoms. The van der Waals surface area contributed by atoms with E-state index in [0.29, 0.717) is 61.1 Å². The molecule has 2 heterocycles. The first-order valence-corrected chi connectivity index (χ1v) is 11.7. The predicted molar refractivity (Wildman–Crippen MR) is 133 cm³/mol. The zero-order chi connectivity index (χ0) is 25.7. The number of rotatable bonds is 11. The molecule has 0 atom stereocenters. The maximum Gasteiger partial charge on any atom is 0.276 e. The number of benzene rings is 1. The van der Waals surface area contributed by atoms with E-state index >= 15 is 0 Å². The van der Waals surface area contributed by atoms with E-state index in [9.17, 15) is 14.4 Å². The van der Waals surface area contributed by atoms with Crippen molar-refractivity contribution in [3.8, 4) is 5.75 Å². The van der Waals surface area contributed by atoms with E-state index in [0.717, 1.165) is 12.1 Å². The zero-order valence-corrected chi connectivity index (χ0v) is 20.9. The number of amides is 3. The molecular formula is C24H33N7O4. The number of fused-ring (bicyclic) bond motifs is 1. The van der Waals surface area contributed by atoms with E-state index in [2.05, 4.69) is 15.4 Å². The van der Waals surface area contributed by atoms with Crippen molar-refractivity contribution in [1.29, 1.82) is 0 Å².